The zero-order valence-corrected chi connectivity index (χ0v) is 10.9. The first-order chi connectivity index (χ1) is 8.79. The van der Waals surface area contributed by atoms with Gasteiger partial charge in [-0.05, 0) is 34.5 Å². The highest BCUT2D eigenvalue weighted by Crippen LogP contribution is 2.15. The van der Waals surface area contributed by atoms with Crippen molar-refractivity contribution in [2.45, 2.75) is 12.5 Å². The number of furan rings is 1. The van der Waals surface area contributed by atoms with E-state index in [-0.39, 0.29) is 12.0 Å². The Morgan fingerprint density at radius 3 is 3.06 bits per heavy atom. The Bertz CT molecular complexity index is 464. The highest BCUT2D eigenvalue weighted by Gasteiger charge is 2.14. The van der Waals surface area contributed by atoms with Gasteiger partial charge in [-0.15, -0.1) is 0 Å². The molecule has 5 heteroatoms. The minimum absolute atomic E-state index is 0.0120. The van der Waals surface area contributed by atoms with E-state index < -0.39 is 0 Å². The smallest absolute Gasteiger partial charge is 0.224 e. The number of ether oxygens (including phenoxy) is 1. The van der Waals surface area contributed by atoms with Crippen molar-refractivity contribution < 1.29 is 13.9 Å². The third-order valence-electron chi connectivity index (χ3n) is 2.57. The molecule has 1 atom stereocenters. The fourth-order valence-corrected chi connectivity index (χ4v) is 2.29. The third-order valence-corrected chi connectivity index (χ3v) is 3.31. The van der Waals surface area contributed by atoms with Crippen molar-refractivity contribution in [3.05, 3.63) is 46.5 Å². The average Bonchev–Trinajstić information content (AvgIpc) is 3.02. The van der Waals surface area contributed by atoms with E-state index in [1.54, 1.807) is 30.8 Å². The van der Waals surface area contributed by atoms with Gasteiger partial charge in [0.15, 0.2) is 0 Å². The van der Waals surface area contributed by atoms with E-state index in [0.29, 0.717) is 18.7 Å². The quantitative estimate of drug-likeness (QED) is 0.872. The van der Waals surface area contributed by atoms with Crippen molar-refractivity contribution in [1.82, 2.24) is 5.32 Å². The van der Waals surface area contributed by atoms with Crippen LogP contribution in [0.4, 0.5) is 0 Å². The zero-order chi connectivity index (χ0) is 12.8. The van der Waals surface area contributed by atoms with Crippen LogP contribution >= 0.6 is 11.3 Å². The van der Waals surface area contributed by atoms with Crippen molar-refractivity contribution in [2.24, 2.45) is 0 Å². The fourth-order valence-electron chi connectivity index (χ4n) is 1.62. The minimum Gasteiger partial charge on any atom is -0.467 e. The van der Waals surface area contributed by atoms with E-state index in [0.717, 1.165) is 5.56 Å². The highest BCUT2D eigenvalue weighted by molar-refractivity contribution is 7.07. The summed E-state index contributed by atoms with van der Waals surface area (Å²) in [5.41, 5.74) is 1.03. The summed E-state index contributed by atoms with van der Waals surface area (Å²) in [4.78, 5) is 11.7. The van der Waals surface area contributed by atoms with Crippen LogP contribution in [0.3, 0.4) is 0 Å². The first-order valence-corrected chi connectivity index (χ1v) is 6.58. The van der Waals surface area contributed by atoms with Gasteiger partial charge in [-0.3, -0.25) is 4.79 Å². The predicted molar refractivity (Wildman–Crippen MR) is 69.5 cm³/mol. The number of nitrogens with one attached hydrogen (secondary N) is 1. The van der Waals surface area contributed by atoms with E-state index in [2.05, 4.69) is 5.32 Å². The first kappa shape index (κ1) is 12.9. The Labute approximate surface area is 110 Å². The van der Waals surface area contributed by atoms with Crippen LogP contribution in [0.15, 0.2) is 39.6 Å². The summed E-state index contributed by atoms with van der Waals surface area (Å²) in [5.74, 6) is 0.704. The molecule has 2 rings (SSSR count). The third kappa shape index (κ3) is 3.45. The normalized spacial score (nSPS) is 12.3. The number of rotatable bonds is 6. The molecule has 1 amide bonds. The molecule has 0 saturated carbocycles. The van der Waals surface area contributed by atoms with E-state index >= 15 is 0 Å². The van der Waals surface area contributed by atoms with Gasteiger partial charge in [0.1, 0.15) is 11.9 Å². The summed E-state index contributed by atoms with van der Waals surface area (Å²) in [7, 11) is 1.60. The molecular weight excluding hydrogens is 250 g/mol. The van der Waals surface area contributed by atoms with Gasteiger partial charge in [-0.2, -0.15) is 11.3 Å². The standard InChI is InChI=1S/C13H15NO3S/c1-16-12(11-3-2-5-17-11)8-14-13(15)7-10-4-6-18-9-10/h2-6,9,12H,7-8H2,1H3,(H,14,15). The van der Waals surface area contributed by atoms with Crippen LogP contribution in [-0.4, -0.2) is 19.6 Å². The van der Waals surface area contributed by atoms with Gasteiger partial charge >= 0.3 is 0 Å². The molecule has 1 unspecified atom stereocenters. The van der Waals surface area contributed by atoms with E-state index in [4.69, 9.17) is 9.15 Å². The Hall–Kier alpha value is -1.59. The second-order valence-corrected chi connectivity index (χ2v) is 4.63. The van der Waals surface area contributed by atoms with Crippen molar-refractivity contribution in [2.75, 3.05) is 13.7 Å². The predicted octanol–water partition coefficient (Wildman–Crippen LogP) is 2.39. The first-order valence-electron chi connectivity index (χ1n) is 5.63. The Morgan fingerprint density at radius 1 is 1.56 bits per heavy atom. The van der Waals surface area contributed by atoms with E-state index in [1.165, 1.54) is 0 Å². The van der Waals surface area contributed by atoms with Crippen molar-refractivity contribution in [3.63, 3.8) is 0 Å². The zero-order valence-electron chi connectivity index (χ0n) is 10.1. The molecule has 96 valence electrons. The monoisotopic (exact) mass is 265 g/mol. The van der Waals surface area contributed by atoms with Crippen LogP contribution in [-0.2, 0) is 16.0 Å². The summed E-state index contributed by atoms with van der Waals surface area (Å²) >= 11 is 1.59. The molecule has 0 aliphatic rings. The number of carbonyl (C=O) groups is 1. The molecule has 2 aromatic heterocycles. The van der Waals surface area contributed by atoms with Crippen LogP contribution < -0.4 is 5.32 Å². The SMILES string of the molecule is COC(CNC(=O)Cc1ccsc1)c1ccco1. The van der Waals surface area contributed by atoms with Gasteiger partial charge in [-0.25, -0.2) is 0 Å². The van der Waals surface area contributed by atoms with Crippen molar-refractivity contribution in [3.8, 4) is 0 Å². The lowest BCUT2D eigenvalue weighted by Crippen LogP contribution is -2.30. The van der Waals surface area contributed by atoms with E-state index in [9.17, 15) is 4.79 Å². The van der Waals surface area contributed by atoms with Crippen LogP contribution in [0, 0.1) is 0 Å². The highest BCUT2D eigenvalue weighted by atomic mass is 32.1. The molecule has 2 aromatic rings. The Morgan fingerprint density at radius 2 is 2.44 bits per heavy atom. The molecule has 0 fully saturated rings. The number of methoxy groups -OCH3 is 1. The number of hydrogen-bond donors (Lipinski definition) is 1. The van der Waals surface area contributed by atoms with Gasteiger partial charge in [0.25, 0.3) is 0 Å². The molecule has 2 heterocycles. The second-order valence-electron chi connectivity index (χ2n) is 3.85. The molecule has 0 radical (unpaired) electrons. The van der Waals surface area contributed by atoms with Crippen molar-refractivity contribution >= 4 is 17.2 Å². The molecule has 0 aliphatic heterocycles. The molecule has 0 saturated heterocycles. The van der Waals surface area contributed by atoms with Crippen molar-refractivity contribution in [1.29, 1.82) is 0 Å². The van der Waals surface area contributed by atoms with E-state index in [1.807, 2.05) is 22.9 Å². The Kier molecular flexibility index (Phi) is 4.55. The average molecular weight is 265 g/mol. The molecule has 4 nitrogen and oxygen atoms in total. The maximum Gasteiger partial charge on any atom is 0.224 e. The second kappa shape index (κ2) is 6.37. The molecule has 0 bridgehead atoms. The lowest BCUT2D eigenvalue weighted by molar-refractivity contribution is -0.121. The summed E-state index contributed by atoms with van der Waals surface area (Å²) in [6, 6.07) is 5.58. The fraction of sp³-hybridized carbons (Fsp3) is 0.308. The molecule has 0 aliphatic carbocycles. The Balaban J connectivity index is 1.81. The number of thiophene rings is 1. The van der Waals surface area contributed by atoms with Gasteiger partial charge < -0.3 is 14.5 Å². The number of carbonyl (C=O) groups excluding carboxylic acids is 1. The molecule has 18 heavy (non-hydrogen) atoms. The summed E-state index contributed by atoms with van der Waals surface area (Å²) < 4.78 is 10.5. The van der Waals surface area contributed by atoms with Crippen LogP contribution in [0.2, 0.25) is 0 Å². The lowest BCUT2D eigenvalue weighted by Gasteiger charge is -2.13. The maximum absolute atomic E-state index is 11.7. The van der Waals surface area contributed by atoms with Crippen LogP contribution in [0.25, 0.3) is 0 Å². The summed E-state index contributed by atoms with van der Waals surface area (Å²) in [6.45, 7) is 0.410. The van der Waals surface area contributed by atoms with Gasteiger partial charge in [0.05, 0.1) is 19.2 Å². The molecule has 0 aromatic carbocycles. The minimum atomic E-state index is -0.244. The largest absolute Gasteiger partial charge is 0.467 e. The summed E-state index contributed by atoms with van der Waals surface area (Å²) in [5, 5.41) is 6.77. The number of hydrogen-bond acceptors (Lipinski definition) is 4. The molecular formula is C13H15NO3S. The van der Waals surface area contributed by atoms with Gasteiger partial charge in [-0.1, -0.05) is 0 Å². The molecule has 0 spiro atoms. The van der Waals surface area contributed by atoms with Gasteiger partial charge in [0, 0.05) is 7.11 Å². The maximum atomic E-state index is 11.7. The topological polar surface area (TPSA) is 51.5 Å². The van der Waals surface area contributed by atoms with Crippen LogP contribution in [0.1, 0.15) is 17.4 Å². The molecule has 1 N–H and O–H groups in total. The van der Waals surface area contributed by atoms with Crippen LogP contribution in [0.5, 0.6) is 0 Å². The lowest BCUT2D eigenvalue weighted by atomic mass is 10.2. The van der Waals surface area contributed by atoms with Gasteiger partial charge in [0.2, 0.25) is 5.91 Å². The summed E-state index contributed by atoms with van der Waals surface area (Å²) in [6.07, 6.45) is 1.75. The number of amides is 1.